The molecule has 0 saturated carbocycles. The van der Waals surface area contributed by atoms with E-state index in [2.05, 4.69) is 80.2 Å². The van der Waals surface area contributed by atoms with Crippen molar-refractivity contribution in [2.24, 2.45) is 0 Å². The van der Waals surface area contributed by atoms with Crippen LogP contribution in [0, 0.1) is 6.92 Å². The van der Waals surface area contributed by atoms with E-state index in [0.29, 0.717) is 0 Å². The van der Waals surface area contributed by atoms with Gasteiger partial charge in [-0.15, -0.1) is 0 Å². The van der Waals surface area contributed by atoms with Gasteiger partial charge in [0.15, 0.2) is 0 Å². The molecule has 3 aromatic rings. The summed E-state index contributed by atoms with van der Waals surface area (Å²) in [5.74, 6) is 0. The topological polar surface area (TPSA) is 15.8 Å². The molecule has 1 nitrogen and oxygen atoms in total. The number of aromatic amines is 1. The van der Waals surface area contributed by atoms with E-state index in [1.807, 2.05) is 6.07 Å². The first kappa shape index (κ1) is 12.9. The lowest BCUT2D eigenvalue weighted by Crippen LogP contribution is -1.90. The van der Waals surface area contributed by atoms with Crippen LogP contribution in [0.3, 0.4) is 0 Å². The summed E-state index contributed by atoms with van der Waals surface area (Å²) in [6.07, 6.45) is 0.934. The Bertz CT molecular complexity index is 744. The fourth-order valence-corrected chi connectivity index (χ4v) is 3.20. The molecule has 2 aromatic carbocycles. The van der Waals surface area contributed by atoms with E-state index in [0.717, 1.165) is 10.9 Å². The average Bonchev–Trinajstić information content (AvgIpc) is 2.69. The Balaban J connectivity index is 2.12. The smallest absolute Gasteiger partial charge is 0.0459 e. The molecule has 0 spiro atoms. The minimum Gasteiger partial charge on any atom is -0.358 e. The summed E-state index contributed by atoms with van der Waals surface area (Å²) in [6.45, 7) is 2.14. The molecule has 0 saturated heterocycles. The first-order valence-corrected chi connectivity index (χ1v) is 7.74. The minimum atomic E-state index is 0.934. The number of rotatable bonds is 2. The van der Waals surface area contributed by atoms with Gasteiger partial charge in [-0.25, -0.2) is 0 Å². The second-order valence-electron chi connectivity index (χ2n) is 4.69. The van der Waals surface area contributed by atoms with Crippen molar-refractivity contribution in [3.63, 3.8) is 0 Å². The number of benzene rings is 2. The lowest BCUT2D eigenvalue weighted by atomic mass is 10.0. The van der Waals surface area contributed by atoms with Gasteiger partial charge < -0.3 is 4.98 Å². The average molecular weight is 379 g/mol. The predicted molar refractivity (Wildman–Crippen MR) is 87.7 cm³/mol. The fraction of sp³-hybridized carbons (Fsp3) is 0.125. The van der Waals surface area contributed by atoms with E-state index in [1.54, 1.807) is 0 Å². The Morgan fingerprint density at radius 1 is 1.05 bits per heavy atom. The van der Waals surface area contributed by atoms with Crippen LogP contribution < -0.4 is 0 Å². The van der Waals surface area contributed by atoms with E-state index in [1.165, 1.54) is 32.2 Å². The monoisotopic (exact) mass is 377 g/mol. The highest BCUT2D eigenvalue weighted by Gasteiger charge is 2.10. The summed E-state index contributed by atoms with van der Waals surface area (Å²) in [7, 11) is 0. The molecule has 1 aromatic heterocycles. The zero-order chi connectivity index (χ0) is 13.4. The van der Waals surface area contributed by atoms with Gasteiger partial charge in [-0.2, -0.15) is 0 Å². The molecule has 3 heteroatoms. The molecule has 0 bridgehead atoms. The van der Waals surface area contributed by atoms with Crippen LogP contribution in [0.2, 0.25) is 0 Å². The maximum absolute atomic E-state index is 3.63. The number of hydrogen-bond donors (Lipinski definition) is 1. The molecule has 19 heavy (non-hydrogen) atoms. The van der Waals surface area contributed by atoms with E-state index in [9.17, 15) is 0 Å². The number of aryl methyl sites for hydroxylation is 1. The van der Waals surface area contributed by atoms with E-state index in [4.69, 9.17) is 0 Å². The lowest BCUT2D eigenvalue weighted by Gasteiger charge is -2.05. The molecule has 0 radical (unpaired) electrons. The fourth-order valence-electron chi connectivity index (χ4n) is 2.41. The minimum absolute atomic E-state index is 0.934. The van der Waals surface area contributed by atoms with Crippen LogP contribution in [0.25, 0.3) is 10.9 Å². The number of fused-ring (bicyclic) bond motifs is 1. The van der Waals surface area contributed by atoms with Gasteiger partial charge in [0.25, 0.3) is 0 Å². The maximum atomic E-state index is 3.63. The molecule has 1 N–H and O–H groups in total. The second-order valence-corrected chi connectivity index (χ2v) is 6.46. The van der Waals surface area contributed by atoms with Gasteiger partial charge in [-0.3, -0.25) is 0 Å². The van der Waals surface area contributed by atoms with Crippen LogP contribution in [0.4, 0.5) is 0 Å². The van der Waals surface area contributed by atoms with Crippen LogP contribution >= 0.6 is 31.9 Å². The number of halogens is 2. The summed E-state index contributed by atoms with van der Waals surface area (Å²) in [5, 5.41) is 1.29. The molecule has 0 fully saturated rings. The van der Waals surface area contributed by atoms with Gasteiger partial charge in [-0.05, 0) is 42.3 Å². The first-order chi connectivity index (χ1) is 9.15. The SMILES string of the molecule is Cc1[nH]c2ccc(Br)cc2c1Cc1ccccc1Br. The molecule has 1 heterocycles. The number of H-pyrrole nitrogens is 1. The van der Waals surface area contributed by atoms with Crippen molar-refractivity contribution >= 4 is 42.8 Å². The van der Waals surface area contributed by atoms with Gasteiger partial charge in [0.1, 0.15) is 0 Å². The Morgan fingerprint density at radius 3 is 2.63 bits per heavy atom. The lowest BCUT2D eigenvalue weighted by molar-refractivity contribution is 1.14. The molecule has 0 amide bonds. The standard InChI is InChI=1S/C16H13Br2N/c1-10-13(8-11-4-2-3-5-15(11)18)14-9-12(17)6-7-16(14)19-10/h2-7,9,19H,8H2,1H3. The highest BCUT2D eigenvalue weighted by molar-refractivity contribution is 9.10. The Labute approximate surface area is 129 Å². The van der Waals surface area contributed by atoms with E-state index in [-0.39, 0.29) is 0 Å². The highest BCUT2D eigenvalue weighted by Crippen LogP contribution is 2.29. The molecular weight excluding hydrogens is 366 g/mol. The first-order valence-electron chi connectivity index (χ1n) is 6.15. The normalized spacial score (nSPS) is 11.1. The summed E-state index contributed by atoms with van der Waals surface area (Å²) < 4.78 is 2.28. The summed E-state index contributed by atoms with van der Waals surface area (Å²) in [6, 6.07) is 14.8. The van der Waals surface area contributed by atoms with Gasteiger partial charge in [-0.1, -0.05) is 50.1 Å². The second kappa shape index (κ2) is 5.14. The Kier molecular flexibility index (Phi) is 3.50. The molecule has 0 aliphatic rings. The van der Waals surface area contributed by atoms with Crippen LogP contribution in [0.1, 0.15) is 16.8 Å². The summed E-state index contributed by atoms with van der Waals surface area (Å²) in [5.41, 5.74) is 5.11. The number of hydrogen-bond acceptors (Lipinski definition) is 0. The van der Waals surface area contributed by atoms with E-state index >= 15 is 0 Å². The molecule has 0 unspecified atom stereocenters. The van der Waals surface area contributed by atoms with Crippen molar-refractivity contribution in [3.05, 3.63) is 68.2 Å². The van der Waals surface area contributed by atoms with Crippen molar-refractivity contribution in [2.75, 3.05) is 0 Å². The van der Waals surface area contributed by atoms with Crippen molar-refractivity contribution in [3.8, 4) is 0 Å². The maximum Gasteiger partial charge on any atom is 0.0459 e. The van der Waals surface area contributed by atoms with Gasteiger partial charge in [0, 0.05) is 32.0 Å². The largest absolute Gasteiger partial charge is 0.358 e. The van der Waals surface area contributed by atoms with Crippen molar-refractivity contribution < 1.29 is 0 Å². The third kappa shape index (κ3) is 2.49. The van der Waals surface area contributed by atoms with Crippen molar-refractivity contribution in [1.29, 1.82) is 0 Å². The van der Waals surface area contributed by atoms with Crippen LogP contribution in [0.5, 0.6) is 0 Å². The molecule has 96 valence electrons. The van der Waals surface area contributed by atoms with Crippen molar-refractivity contribution in [2.45, 2.75) is 13.3 Å². The van der Waals surface area contributed by atoms with Gasteiger partial charge >= 0.3 is 0 Å². The van der Waals surface area contributed by atoms with Crippen LogP contribution in [-0.4, -0.2) is 4.98 Å². The molecule has 0 aliphatic carbocycles. The molecule has 0 aliphatic heterocycles. The quantitative estimate of drug-likeness (QED) is 0.598. The Morgan fingerprint density at radius 2 is 1.84 bits per heavy atom. The summed E-state index contributed by atoms with van der Waals surface area (Å²) >= 11 is 7.18. The number of nitrogens with one attached hydrogen (secondary N) is 1. The Hall–Kier alpha value is -1.06. The number of aromatic nitrogens is 1. The highest BCUT2D eigenvalue weighted by atomic mass is 79.9. The van der Waals surface area contributed by atoms with Crippen LogP contribution in [0.15, 0.2) is 51.4 Å². The van der Waals surface area contributed by atoms with E-state index < -0.39 is 0 Å². The zero-order valence-electron chi connectivity index (χ0n) is 10.5. The third-order valence-corrected chi connectivity index (χ3v) is 4.67. The van der Waals surface area contributed by atoms with Crippen LogP contribution in [-0.2, 0) is 6.42 Å². The van der Waals surface area contributed by atoms with Gasteiger partial charge in [0.2, 0.25) is 0 Å². The summed E-state index contributed by atoms with van der Waals surface area (Å²) in [4.78, 5) is 3.46. The third-order valence-electron chi connectivity index (χ3n) is 3.41. The van der Waals surface area contributed by atoms with Crippen molar-refractivity contribution in [1.82, 2.24) is 4.98 Å². The molecule has 0 atom stereocenters. The van der Waals surface area contributed by atoms with Gasteiger partial charge in [0.05, 0.1) is 0 Å². The molecular formula is C16H13Br2N. The molecule has 3 rings (SSSR count). The zero-order valence-corrected chi connectivity index (χ0v) is 13.7. The predicted octanol–water partition coefficient (Wildman–Crippen LogP) is 5.59.